The number of rotatable bonds is 21. The van der Waals surface area contributed by atoms with Crippen molar-refractivity contribution in [3.63, 3.8) is 0 Å². The number of anilines is 5. The molecular formula is C45H53N11O10S. The summed E-state index contributed by atoms with van der Waals surface area (Å²) >= 11 is 0.751. The number of nitrogens with zero attached hydrogens (tertiary/aromatic N) is 8. The van der Waals surface area contributed by atoms with Gasteiger partial charge < -0.3 is 34.6 Å². The van der Waals surface area contributed by atoms with Crippen LogP contribution in [-0.2, 0) is 23.8 Å². The molecule has 0 spiro atoms. The molecule has 3 amide bonds. The topological polar surface area (TPSA) is 255 Å². The number of carbonyl (C=O) groups is 4. The van der Waals surface area contributed by atoms with Gasteiger partial charge in [0.25, 0.3) is 11.5 Å². The Bertz CT molecular complexity index is 2660. The number of piperazine rings is 1. The summed E-state index contributed by atoms with van der Waals surface area (Å²) in [5.41, 5.74) is 2.55. The average Bonchev–Trinajstić information content (AvgIpc) is 3.98. The summed E-state index contributed by atoms with van der Waals surface area (Å²) in [6.07, 6.45) is 7.46. The van der Waals surface area contributed by atoms with E-state index >= 15 is 0 Å². The zero-order chi connectivity index (χ0) is 47.5. The molecule has 21 nitrogen and oxygen atoms in total. The molecule has 22 heteroatoms. The molecule has 4 aromatic heterocycles. The molecule has 354 valence electrons. The number of Topliss-reactive ketones (excluding diaryl/α,β-unsaturated/α-hetero) is 1. The molecule has 2 fully saturated rings. The number of amides is 3. The molecule has 5 aromatic rings. The monoisotopic (exact) mass is 939 g/mol. The molecule has 5 heterocycles. The van der Waals surface area contributed by atoms with Gasteiger partial charge in [-0.25, -0.2) is 15.0 Å². The van der Waals surface area contributed by atoms with E-state index in [0.29, 0.717) is 67.8 Å². The van der Waals surface area contributed by atoms with Gasteiger partial charge in [0.05, 0.1) is 86.1 Å². The Morgan fingerprint density at radius 3 is 2.19 bits per heavy atom. The smallest absolute Gasteiger partial charge is 0.348 e. The van der Waals surface area contributed by atoms with Crippen molar-refractivity contribution in [3.8, 4) is 0 Å². The van der Waals surface area contributed by atoms with E-state index in [9.17, 15) is 34.1 Å². The third kappa shape index (κ3) is 12.2. The van der Waals surface area contributed by atoms with Gasteiger partial charge in [0.2, 0.25) is 17.8 Å². The molecule has 1 aliphatic heterocycles. The first-order valence-electron chi connectivity index (χ1n) is 22.1. The van der Waals surface area contributed by atoms with Crippen LogP contribution in [0, 0.1) is 24.0 Å². The number of nitrogens with one attached hydrogen (secondary N) is 3. The summed E-state index contributed by atoms with van der Waals surface area (Å²) in [4.78, 5) is 96.8. The Morgan fingerprint density at radius 1 is 0.851 bits per heavy atom. The lowest BCUT2D eigenvalue weighted by atomic mass is 10.0. The minimum Gasteiger partial charge on any atom is -0.379 e. The number of fused-ring (bicyclic) bond motifs is 1. The summed E-state index contributed by atoms with van der Waals surface area (Å²) in [5.74, 6) is -0.348. The Balaban J connectivity index is 0.748. The second-order valence-corrected chi connectivity index (χ2v) is 17.0. The van der Waals surface area contributed by atoms with Crippen LogP contribution in [0.1, 0.15) is 83.5 Å². The molecule has 0 unspecified atom stereocenters. The first-order valence-corrected chi connectivity index (χ1v) is 22.9. The van der Waals surface area contributed by atoms with Crippen LogP contribution in [0.5, 0.6) is 0 Å². The fourth-order valence-electron chi connectivity index (χ4n) is 8.09. The van der Waals surface area contributed by atoms with Crippen LogP contribution < -0.4 is 26.4 Å². The van der Waals surface area contributed by atoms with E-state index in [0.717, 1.165) is 42.7 Å². The summed E-state index contributed by atoms with van der Waals surface area (Å²) in [7, 11) is 0. The van der Waals surface area contributed by atoms with E-state index in [-0.39, 0.29) is 101 Å². The molecule has 1 saturated heterocycles. The molecule has 3 N–H and O–H groups in total. The highest BCUT2D eigenvalue weighted by molar-refractivity contribution is 7.19. The molecule has 0 radical (unpaired) electrons. The quantitative estimate of drug-likeness (QED) is 0.0350. The molecule has 7 rings (SSSR count). The van der Waals surface area contributed by atoms with Gasteiger partial charge in [-0.3, -0.25) is 44.0 Å². The van der Waals surface area contributed by atoms with Crippen LogP contribution in [0.4, 0.5) is 33.3 Å². The maximum absolute atomic E-state index is 13.6. The zero-order valence-corrected chi connectivity index (χ0v) is 38.4. The summed E-state index contributed by atoms with van der Waals surface area (Å²) in [6.45, 7) is 8.65. The minimum atomic E-state index is -0.571. The number of aryl methyl sites for hydroxylation is 2. The number of carbonyl (C=O) groups excluding carboxylic acids is 4. The van der Waals surface area contributed by atoms with E-state index in [1.165, 1.54) is 19.9 Å². The third-order valence-electron chi connectivity index (χ3n) is 11.5. The molecule has 67 heavy (non-hydrogen) atoms. The van der Waals surface area contributed by atoms with Crippen molar-refractivity contribution in [1.82, 2.24) is 29.4 Å². The van der Waals surface area contributed by atoms with E-state index in [1.807, 2.05) is 17.0 Å². The van der Waals surface area contributed by atoms with Crippen LogP contribution in [-0.4, -0.2) is 124 Å². The Kier molecular flexibility index (Phi) is 16.3. The largest absolute Gasteiger partial charge is 0.379 e. The summed E-state index contributed by atoms with van der Waals surface area (Å²) in [5, 5.41) is 20.1. The van der Waals surface area contributed by atoms with Gasteiger partial charge in [-0.05, 0) is 74.8 Å². The van der Waals surface area contributed by atoms with Crippen LogP contribution in [0.2, 0.25) is 0 Å². The first-order chi connectivity index (χ1) is 32.4. The van der Waals surface area contributed by atoms with Crippen LogP contribution in [0.25, 0.3) is 11.0 Å². The van der Waals surface area contributed by atoms with Crippen molar-refractivity contribution in [2.75, 3.05) is 86.7 Å². The van der Waals surface area contributed by atoms with Crippen molar-refractivity contribution in [1.29, 1.82) is 0 Å². The first kappa shape index (κ1) is 48.2. The molecule has 2 aliphatic rings. The predicted octanol–water partition coefficient (Wildman–Crippen LogP) is 5.60. The van der Waals surface area contributed by atoms with E-state index < -0.39 is 10.8 Å². The van der Waals surface area contributed by atoms with Crippen molar-refractivity contribution in [3.05, 3.63) is 91.6 Å². The minimum absolute atomic E-state index is 0.0166. The van der Waals surface area contributed by atoms with Crippen LogP contribution in [0.15, 0.2) is 53.6 Å². The highest BCUT2D eigenvalue weighted by Crippen LogP contribution is 2.33. The fourth-order valence-corrected chi connectivity index (χ4v) is 8.86. The van der Waals surface area contributed by atoms with E-state index in [2.05, 4.69) is 35.8 Å². The van der Waals surface area contributed by atoms with Gasteiger partial charge in [0.1, 0.15) is 17.2 Å². The SMILES string of the molecule is CC(=O)c1c(C)c2cnc(Nc3ccc(N4CCN(C(=O)CCOCCOCCOCCC(=O)Nc5ccccc5C(=O)Nc5nc(C)c([N+](=O)[O-])s5)CC4)cn3)nc2n(C2CCCC2)c1=O. The second kappa shape index (κ2) is 22.6. The lowest BCUT2D eigenvalue weighted by Crippen LogP contribution is -2.49. The number of pyridine rings is 2. The summed E-state index contributed by atoms with van der Waals surface area (Å²) in [6, 6.07) is 10.2. The number of ether oxygens (including phenoxy) is 3. The van der Waals surface area contributed by atoms with Crippen molar-refractivity contribution < 1.29 is 38.3 Å². The van der Waals surface area contributed by atoms with Crippen molar-refractivity contribution >= 4 is 79.1 Å². The van der Waals surface area contributed by atoms with Gasteiger partial charge in [0, 0.05) is 43.8 Å². The normalized spacial score (nSPS) is 14.1. The van der Waals surface area contributed by atoms with Gasteiger partial charge in [-0.15, -0.1) is 0 Å². The van der Waals surface area contributed by atoms with Gasteiger partial charge in [-0.2, -0.15) is 4.98 Å². The van der Waals surface area contributed by atoms with Crippen LogP contribution in [0.3, 0.4) is 0 Å². The molecule has 0 atom stereocenters. The molecule has 0 bridgehead atoms. The second-order valence-electron chi connectivity index (χ2n) is 16.0. The van der Waals surface area contributed by atoms with Crippen LogP contribution >= 0.6 is 11.3 Å². The molecule has 1 aliphatic carbocycles. The van der Waals surface area contributed by atoms with Crippen molar-refractivity contribution in [2.45, 2.75) is 65.3 Å². The Morgan fingerprint density at radius 2 is 1.54 bits per heavy atom. The van der Waals surface area contributed by atoms with E-state index in [1.54, 1.807) is 42.1 Å². The molecule has 1 saturated carbocycles. The predicted molar refractivity (Wildman–Crippen MR) is 251 cm³/mol. The standard InChI is InChI=1S/C45H53N11O10S/c1-28-34-27-47-44(51-40(34)55(31-8-4-5-9-31)42(61)39(28)30(3)57)50-36-13-12-32(26-46-36)53-16-18-54(19-17-53)38(59)15-21-65-23-25-66-24-22-64-20-14-37(58)49-35-11-7-6-10-33(35)41(60)52-45-48-29(2)43(67-45)56(62)63/h6-7,10-13,26-27,31H,4-5,8-9,14-25H2,1-3H3,(H,49,58)(H,48,52,60)(H,46,47,50,51). The maximum atomic E-state index is 13.6. The zero-order valence-electron chi connectivity index (χ0n) is 37.6. The maximum Gasteiger partial charge on any atom is 0.348 e. The lowest BCUT2D eigenvalue weighted by Gasteiger charge is -2.36. The lowest BCUT2D eigenvalue weighted by molar-refractivity contribution is -0.380. The number of thiazole rings is 1. The number of aromatic nitrogens is 5. The summed E-state index contributed by atoms with van der Waals surface area (Å²) < 4.78 is 18.4. The average molecular weight is 940 g/mol. The van der Waals surface area contributed by atoms with Gasteiger partial charge in [0.15, 0.2) is 10.9 Å². The number of hydrogen-bond donors (Lipinski definition) is 3. The number of nitro groups is 1. The third-order valence-corrected chi connectivity index (χ3v) is 12.5. The fraction of sp³-hybridized carbons (Fsp3) is 0.444. The molecular weight excluding hydrogens is 887 g/mol. The van der Waals surface area contributed by atoms with Gasteiger partial charge >= 0.3 is 5.00 Å². The highest BCUT2D eigenvalue weighted by atomic mass is 32.1. The highest BCUT2D eigenvalue weighted by Gasteiger charge is 2.27. The van der Waals surface area contributed by atoms with Crippen molar-refractivity contribution in [2.24, 2.45) is 0 Å². The van der Waals surface area contributed by atoms with Gasteiger partial charge in [-0.1, -0.05) is 25.0 Å². The Labute approximate surface area is 389 Å². The number of hydrogen-bond acceptors (Lipinski definition) is 17. The van der Waals surface area contributed by atoms with E-state index in [4.69, 9.17) is 19.2 Å². The molecule has 1 aromatic carbocycles. The number of benzene rings is 1. The number of ketones is 1. The number of para-hydroxylation sites is 1. The Hall–Kier alpha value is -6.75.